The molecule has 0 unspecified atom stereocenters. The van der Waals surface area contributed by atoms with Crippen LogP contribution in [0.15, 0.2) is 243 Å². The lowest BCUT2D eigenvalue weighted by Crippen LogP contribution is -2.12. The quantitative estimate of drug-likeness (QED) is 0.145. The average Bonchev–Trinajstić information content (AvgIpc) is 3.31. The van der Waals surface area contributed by atoms with E-state index in [9.17, 15) is 0 Å². The molecule has 0 amide bonds. The molecule has 58 heavy (non-hydrogen) atoms. The molecule has 10 aromatic carbocycles. The summed E-state index contributed by atoms with van der Waals surface area (Å²) in [5.41, 5.74) is 13.8. The fraction of sp³-hybridized carbons (Fsp3) is 0. The van der Waals surface area contributed by atoms with E-state index >= 15 is 0 Å². The molecular formula is C56H40N2. The van der Waals surface area contributed by atoms with Gasteiger partial charge in [-0.3, -0.25) is 0 Å². The number of rotatable bonds is 9. The van der Waals surface area contributed by atoms with Crippen molar-refractivity contribution < 1.29 is 0 Å². The lowest BCUT2D eigenvalue weighted by Gasteiger charge is -2.29. The Morgan fingerprint density at radius 3 is 0.966 bits per heavy atom. The van der Waals surface area contributed by atoms with Crippen molar-refractivity contribution in [2.24, 2.45) is 0 Å². The van der Waals surface area contributed by atoms with Crippen LogP contribution in [0.3, 0.4) is 0 Å². The van der Waals surface area contributed by atoms with Gasteiger partial charge < -0.3 is 9.80 Å². The molecule has 0 N–H and O–H groups in total. The van der Waals surface area contributed by atoms with Crippen molar-refractivity contribution in [3.63, 3.8) is 0 Å². The van der Waals surface area contributed by atoms with Gasteiger partial charge in [0.05, 0.1) is 22.7 Å². The van der Waals surface area contributed by atoms with Crippen molar-refractivity contribution in [2.45, 2.75) is 0 Å². The first-order chi connectivity index (χ1) is 28.8. The Hall–Kier alpha value is -7.68. The van der Waals surface area contributed by atoms with E-state index in [0.29, 0.717) is 0 Å². The number of fused-ring (bicyclic) bond motifs is 2. The Kier molecular flexibility index (Phi) is 9.27. The van der Waals surface area contributed by atoms with E-state index in [1.807, 2.05) is 0 Å². The van der Waals surface area contributed by atoms with Crippen LogP contribution in [-0.4, -0.2) is 0 Å². The maximum Gasteiger partial charge on any atom is 0.0540 e. The zero-order valence-electron chi connectivity index (χ0n) is 32.0. The number of hydrogen-bond donors (Lipinski definition) is 0. The molecule has 0 fully saturated rings. The minimum absolute atomic E-state index is 1.10. The van der Waals surface area contributed by atoms with Gasteiger partial charge in [-0.15, -0.1) is 0 Å². The van der Waals surface area contributed by atoms with E-state index in [2.05, 4.69) is 252 Å². The number of para-hydroxylation sites is 2. The topological polar surface area (TPSA) is 6.48 Å². The molecule has 10 rings (SSSR count). The van der Waals surface area contributed by atoms with Crippen LogP contribution in [0.25, 0.3) is 54.9 Å². The predicted octanol–water partition coefficient (Wildman–Crippen LogP) is 15.9. The molecule has 0 spiro atoms. The van der Waals surface area contributed by atoms with Gasteiger partial charge in [0, 0.05) is 33.3 Å². The van der Waals surface area contributed by atoms with Gasteiger partial charge in [0.1, 0.15) is 0 Å². The van der Waals surface area contributed by atoms with E-state index < -0.39 is 0 Å². The van der Waals surface area contributed by atoms with E-state index in [4.69, 9.17) is 0 Å². The Labute approximate surface area is 340 Å². The first-order valence-corrected chi connectivity index (χ1v) is 19.9. The molecule has 0 aliphatic rings. The summed E-state index contributed by atoms with van der Waals surface area (Å²) in [4.78, 5) is 4.81. The second-order valence-corrected chi connectivity index (χ2v) is 14.5. The first kappa shape index (κ1) is 34.8. The van der Waals surface area contributed by atoms with Gasteiger partial charge in [-0.25, -0.2) is 0 Å². The lowest BCUT2D eigenvalue weighted by atomic mass is 9.99. The molecule has 274 valence electrons. The minimum Gasteiger partial charge on any atom is -0.309 e. The largest absolute Gasteiger partial charge is 0.309 e. The third-order valence-corrected chi connectivity index (χ3v) is 11.1. The molecule has 0 saturated heterocycles. The van der Waals surface area contributed by atoms with Gasteiger partial charge >= 0.3 is 0 Å². The second kappa shape index (κ2) is 15.5. The predicted molar refractivity (Wildman–Crippen MR) is 247 cm³/mol. The van der Waals surface area contributed by atoms with Crippen molar-refractivity contribution in [1.82, 2.24) is 0 Å². The van der Waals surface area contributed by atoms with Crippen LogP contribution in [0.4, 0.5) is 34.1 Å². The molecule has 0 aliphatic heterocycles. The smallest absolute Gasteiger partial charge is 0.0540 e. The zero-order chi connectivity index (χ0) is 38.7. The van der Waals surface area contributed by atoms with Crippen molar-refractivity contribution in [1.29, 1.82) is 0 Å². The monoisotopic (exact) mass is 740 g/mol. The summed E-state index contributed by atoms with van der Waals surface area (Å²) in [6.45, 7) is 0. The number of nitrogens with zero attached hydrogens (tertiary/aromatic N) is 2. The summed E-state index contributed by atoms with van der Waals surface area (Å²) >= 11 is 0. The van der Waals surface area contributed by atoms with Crippen LogP contribution < -0.4 is 9.80 Å². The van der Waals surface area contributed by atoms with Crippen LogP contribution in [0.5, 0.6) is 0 Å². The van der Waals surface area contributed by atoms with Crippen LogP contribution in [0.2, 0.25) is 0 Å². The molecule has 0 bridgehead atoms. The molecular weight excluding hydrogens is 701 g/mol. The van der Waals surface area contributed by atoms with E-state index in [1.165, 1.54) is 43.8 Å². The van der Waals surface area contributed by atoms with Crippen molar-refractivity contribution in [3.8, 4) is 33.4 Å². The Morgan fingerprint density at radius 2 is 0.534 bits per heavy atom. The van der Waals surface area contributed by atoms with Crippen LogP contribution in [-0.2, 0) is 0 Å². The molecule has 0 aliphatic carbocycles. The van der Waals surface area contributed by atoms with E-state index in [-0.39, 0.29) is 0 Å². The van der Waals surface area contributed by atoms with Gasteiger partial charge in [-0.2, -0.15) is 0 Å². The zero-order valence-corrected chi connectivity index (χ0v) is 32.0. The highest BCUT2D eigenvalue weighted by atomic mass is 15.2. The summed E-state index contributed by atoms with van der Waals surface area (Å²) < 4.78 is 0. The van der Waals surface area contributed by atoms with Crippen LogP contribution in [0, 0.1) is 0 Å². The highest BCUT2D eigenvalue weighted by molar-refractivity contribution is 6.02. The number of hydrogen-bond acceptors (Lipinski definition) is 2. The van der Waals surface area contributed by atoms with Crippen LogP contribution >= 0.6 is 0 Å². The fourth-order valence-corrected chi connectivity index (χ4v) is 8.29. The fourth-order valence-electron chi connectivity index (χ4n) is 8.29. The third-order valence-electron chi connectivity index (χ3n) is 11.1. The maximum absolute atomic E-state index is 2.41. The lowest BCUT2D eigenvalue weighted by molar-refractivity contribution is 1.29. The van der Waals surface area contributed by atoms with Crippen LogP contribution in [0.1, 0.15) is 0 Å². The standard InChI is InChI=1S/C56H40N2/c1-3-17-43(18-4-1)49-27-11-13-29-53(49)57(55-31-15-23-45-21-7-9-25-51(45)55)47-37-33-41(34-38-47)42-35-39-48(40-36-42)58(56-32-16-24-46-22-8-10-26-52(46)56)54-30-14-12-28-50(54)44-19-5-2-6-20-44/h1-40H. The van der Waals surface area contributed by atoms with Gasteiger partial charge in [-0.1, -0.05) is 194 Å². The molecule has 0 saturated carbocycles. The summed E-state index contributed by atoms with van der Waals surface area (Å²) in [5.74, 6) is 0. The first-order valence-electron chi connectivity index (χ1n) is 19.9. The molecule has 2 heteroatoms. The third kappa shape index (κ3) is 6.57. The van der Waals surface area contributed by atoms with Gasteiger partial charge in [0.25, 0.3) is 0 Å². The maximum atomic E-state index is 2.41. The van der Waals surface area contributed by atoms with Gasteiger partial charge in [0.15, 0.2) is 0 Å². The van der Waals surface area contributed by atoms with Gasteiger partial charge in [0.2, 0.25) is 0 Å². The Balaban J connectivity index is 1.06. The van der Waals surface area contributed by atoms with Crippen molar-refractivity contribution >= 4 is 55.7 Å². The highest BCUT2D eigenvalue weighted by Crippen LogP contribution is 2.46. The normalized spacial score (nSPS) is 11.1. The molecule has 2 nitrogen and oxygen atoms in total. The summed E-state index contributed by atoms with van der Waals surface area (Å²) in [7, 11) is 0. The van der Waals surface area contributed by atoms with Crippen molar-refractivity contribution in [2.75, 3.05) is 9.80 Å². The molecule has 0 atom stereocenters. The summed E-state index contributed by atoms with van der Waals surface area (Å²) in [6, 6.07) is 87.2. The van der Waals surface area contributed by atoms with E-state index in [0.717, 1.165) is 45.3 Å². The molecule has 0 radical (unpaired) electrons. The SMILES string of the molecule is c1ccc(-c2ccccc2N(c2ccc(-c3ccc(N(c4ccccc4-c4ccccc4)c4cccc5ccccc45)cc3)cc2)c2cccc3ccccc23)cc1. The molecule has 0 heterocycles. The number of anilines is 6. The molecule has 10 aromatic rings. The minimum atomic E-state index is 1.10. The Bertz CT molecular complexity index is 2770. The van der Waals surface area contributed by atoms with E-state index in [1.54, 1.807) is 0 Å². The molecule has 0 aromatic heterocycles. The average molecular weight is 741 g/mol. The number of benzene rings is 10. The second-order valence-electron chi connectivity index (χ2n) is 14.5. The Morgan fingerprint density at radius 1 is 0.207 bits per heavy atom. The van der Waals surface area contributed by atoms with Gasteiger partial charge in [-0.05, 0) is 81.6 Å². The summed E-state index contributed by atoms with van der Waals surface area (Å²) in [6.07, 6.45) is 0. The van der Waals surface area contributed by atoms with Crippen molar-refractivity contribution in [3.05, 3.63) is 243 Å². The summed E-state index contributed by atoms with van der Waals surface area (Å²) in [5, 5.41) is 4.83. The highest BCUT2D eigenvalue weighted by Gasteiger charge is 2.21.